The fourth-order valence-corrected chi connectivity index (χ4v) is 5.77. The molecule has 1 amide bonds. The maximum absolute atomic E-state index is 13.0. The second-order valence-electron chi connectivity index (χ2n) is 6.84. The first-order chi connectivity index (χ1) is 13.2. The van der Waals surface area contributed by atoms with E-state index in [1.165, 1.54) is 29.1 Å². The summed E-state index contributed by atoms with van der Waals surface area (Å²) in [7, 11) is -3.85. The van der Waals surface area contributed by atoms with Gasteiger partial charge in [-0.2, -0.15) is 9.40 Å². The second-order valence-corrected chi connectivity index (χ2v) is 9.53. The molecule has 1 aliphatic rings. The smallest absolute Gasteiger partial charge is 0.247 e. The number of aromatic nitrogens is 3. The van der Waals surface area contributed by atoms with E-state index in [0.29, 0.717) is 0 Å². The maximum Gasteiger partial charge on any atom is 0.247 e. The zero-order chi connectivity index (χ0) is 20.5. The van der Waals surface area contributed by atoms with Crippen LogP contribution in [0.3, 0.4) is 0 Å². The predicted molar refractivity (Wildman–Crippen MR) is 106 cm³/mol. The van der Waals surface area contributed by atoms with E-state index in [1.54, 1.807) is 15.6 Å². The molecule has 28 heavy (non-hydrogen) atoms. The Labute approximate surface area is 174 Å². The number of piperazine rings is 1. The van der Waals surface area contributed by atoms with Gasteiger partial charge in [-0.15, -0.1) is 0 Å². The predicted octanol–water partition coefficient (Wildman–Crippen LogP) is 2.32. The minimum atomic E-state index is -3.85. The van der Waals surface area contributed by atoms with Gasteiger partial charge in [-0.1, -0.05) is 43.1 Å². The number of benzene rings is 1. The molecule has 0 bridgehead atoms. The number of hydrogen-bond acceptors (Lipinski definition) is 5. The number of carbonyl (C=O) groups excluding carboxylic acids is 1. The zero-order valence-corrected chi connectivity index (χ0v) is 17.8. The molecule has 2 heterocycles. The number of amides is 1. The zero-order valence-electron chi connectivity index (χ0n) is 15.5. The molecule has 0 radical (unpaired) electrons. The molecule has 0 aliphatic carbocycles. The lowest BCUT2D eigenvalue weighted by molar-refractivity contribution is -0.137. The summed E-state index contributed by atoms with van der Waals surface area (Å²) in [5.41, 5.74) is 0. The summed E-state index contributed by atoms with van der Waals surface area (Å²) in [4.78, 5) is 18.5. The standard InChI is InChI=1S/C17H21Cl2N5O3S/c1-12(2)15(24-11-20-10-21-24)17(25)22-6-8-23(9-7-22)28(26,27)16-13(18)4-3-5-14(16)19/h3-5,10-12,15H,6-9H2,1-2H3/t15-/m1/s1. The average Bonchev–Trinajstić information content (AvgIpc) is 3.15. The minimum Gasteiger partial charge on any atom is -0.338 e. The van der Waals surface area contributed by atoms with Gasteiger partial charge in [-0.3, -0.25) is 4.79 Å². The summed E-state index contributed by atoms with van der Waals surface area (Å²) in [5.74, 6) is -0.0915. The number of rotatable bonds is 5. The van der Waals surface area contributed by atoms with Crippen molar-refractivity contribution < 1.29 is 13.2 Å². The Morgan fingerprint density at radius 2 is 1.71 bits per heavy atom. The number of sulfonamides is 1. The van der Waals surface area contributed by atoms with E-state index in [2.05, 4.69) is 10.1 Å². The molecule has 1 aliphatic heterocycles. The van der Waals surface area contributed by atoms with Gasteiger partial charge >= 0.3 is 0 Å². The molecule has 152 valence electrons. The van der Waals surface area contributed by atoms with Gasteiger partial charge in [-0.25, -0.2) is 18.1 Å². The Morgan fingerprint density at radius 1 is 1.11 bits per heavy atom. The van der Waals surface area contributed by atoms with Gasteiger partial charge in [0.2, 0.25) is 15.9 Å². The van der Waals surface area contributed by atoms with Crippen LogP contribution in [-0.2, 0) is 14.8 Å². The lowest BCUT2D eigenvalue weighted by atomic mass is 10.0. The third-order valence-electron chi connectivity index (χ3n) is 4.67. The van der Waals surface area contributed by atoms with Crippen LogP contribution in [0.15, 0.2) is 35.7 Å². The summed E-state index contributed by atoms with van der Waals surface area (Å²) >= 11 is 12.2. The molecular formula is C17H21Cl2N5O3S. The van der Waals surface area contributed by atoms with Gasteiger partial charge < -0.3 is 4.90 Å². The van der Waals surface area contributed by atoms with E-state index < -0.39 is 16.1 Å². The van der Waals surface area contributed by atoms with Crippen LogP contribution in [0.1, 0.15) is 19.9 Å². The summed E-state index contributed by atoms with van der Waals surface area (Å²) in [5, 5.41) is 4.25. The lowest BCUT2D eigenvalue weighted by Crippen LogP contribution is -2.52. The molecule has 1 saturated heterocycles. The second kappa shape index (κ2) is 8.36. The van der Waals surface area contributed by atoms with Gasteiger partial charge in [-0.05, 0) is 18.1 Å². The Balaban J connectivity index is 1.74. The summed E-state index contributed by atoms with van der Waals surface area (Å²) in [6.45, 7) is 4.75. The Hall–Kier alpha value is -1.68. The molecule has 0 N–H and O–H groups in total. The molecule has 1 aromatic carbocycles. The molecule has 1 atom stereocenters. The van der Waals surface area contributed by atoms with Crippen LogP contribution in [0.5, 0.6) is 0 Å². The number of nitrogens with zero attached hydrogens (tertiary/aromatic N) is 5. The van der Waals surface area contributed by atoms with Crippen LogP contribution in [0.2, 0.25) is 10.0 Å². The highest BCUT2D eigenvalue weighted by Crippen LogP contribution is 2.32. The van der Waals surface area contributed by atoms with Gasteiger partial charge in [0, 0.05) is 26.2 Å². The summed E-state index contributed by atoms with van der Waals surface area (Å²) < 4.78 is 28.8. The highest BCUT2D eigenvalue weighted by atomic mass is 35.5. The SMILES string of the molecule is CC(C)[C@H](C(=O)N1CCN(S(=O)(=O)c2c(Cl)cccc2Cl)CC1)n1cncn1. The van der Waals surface area contributed by atoms with E-state index in [4.69, 9.17) is 23.2 Å². The quantitative estimate of drug-likeness (QED) is 0.704. The first-order valence-corrected chi connectivity index (χ1v) is 11.0. The van der Waals surface area contributed by atoms with Crippen molar-refractivity contribution >= 4 is 39.1 Å². The Morgan fingerprint density at radius 3 is 2.21 bits per heavy atom. The molecule has 11 heteroatoms. The van der Waals surface area contributed by atoms with Gasteiger partial charge in [0.1, 0.15) is 23.6 Å². The first kappa shape index (κ1) is 21.0. The largest absolute Gasteiger partial charge is 0.338 e. The van der Waals surface area contributed by atoms with Crippen LogP contribution in [-0.4, -0.2) is 64.5 Å². The Kier molecular flexibility index (Phi) is 6.28. The van der Waals surface area contributed by atoms with E-state index >= 15 is 0 Å². The Bertz CT molecular complexity index is 921. The third kappa shape index (κ3) is 4.03. The summed E-state index contributed by atoms with van der Waals surface area (Å²) in [6.07, 6.45) is 2.91. The molecular weight excluding hydrogens is 425 g/mol. The monoisotopic (exact) mass is 445 g/mol. The molecule has 0 spiro atoms. The van der Waals surface area contributed by atoms with Crippen LogP contribution >= 0.6 is 23.2 Å². The molecule has 1 aromatic heterocycles. The summed E-state index contributed by atoms with van der Waals surface area (Å²) in [6, 6.07) is 4.09. The van der Waals surface area contributed by atoms with Crippen molar-refractivity contribution in [2.45, 2.75) is 24.8 Å². The number of halogens is 2. The molecule has 8 nitrogen and oxygen atoms in total. The molecule has 0 saturated carbocycles. The van der Waals surface area contributed by atoms with Crippen molar-refractivity contribution in [2.75, 3.05) is 26.2 Å². The normalized spacial score (nSPS) is 17.1. The number of carbonyl (C=O) groups is 1. The highest BCUT2D eigenvalue weighted by molar-refractivity contribution is 7.89. The van der Waals surface area contributed by atoms with E-state index in [9.17, 15) is 13.2 Å². The third-order valence-corrected chi connectivity index (χ3v) is 7.53. The van der Waals surface area contributed by atoms with Crippen LogP contribution in [0.25, 0.3) is 0 Å². The highest BCUT2D eigenvalue weighted by Gasteiger charge is 2.36. The minimum absolute atomic E-state index is 0.0119. The lowest BCUT2D eigenvalue weighted by Gasteiger charge is -2.36. The number of hydrogen-bond donors (Lipinski definition) is 0. The van der Waals surface area contributed by atoms with Crippen molar-refractivity contribution in [3.63, 3.8) is 0 Å². The van der Waals surface area contributed by atoms with Crippen molar-refractivity contribution in [1.82, 2.24) is 24.0 Å². The van der Waals surface area contributed by atoms with Crippen molar-refractivity contribution in [3.8, 4) is 0 Å². The first-order valence-electron chi connectivity index (χ1n) is 8.80. The van der Waals surface area contributed by atoms with Crippen LogP contribution < -0.4 is 0 Å². The fraction of sp³-hybridized carbons (Fsp3) is 0.471. The van der Waals surface area contributed by atoms with Gasteiger partial charge in [0.05, 0.1) is 10.0 Å². The van der Waals surface area contributed by atoms with Crippen molar-refractivity contribution in [1.29, 1.82) is 0 Å². The van der Waals surface area contributed by atoms with Crippen molar-refractivity contribution in [2.24, 2.45) is 5.92 Å². The van der Waals surface area contributed by atoms with Gasteiger partial charge in [0.15, 0.2) is 0 Å². The van der Waals surface area contributed by atoms with E-state index in [1.807, 2.05) is 13.8 Å². The molecule has 2 aromatic rings. The average molecular weight is 446 g/mol. The van der Waals surface area contributed by atoms with Crippen LogP contribution in [0, 0.1) is 5.92 Å². The van der Waals surface area contributed by atoms with Crippen molar-refractivity contribution in [3.05, 3.63) is 40.9 Å². The maximum atomic E-state index is 13.0. The topological polar surface area (TPSA) is 88.4 Å². The molecule has 3 rings (SSSR count). The van der Waals surface area contributed by atoms with Crippen LogP contribution in [0.4, 0.5) is 0 Å². The molecule has 0 unspecified atom stereocenters. The van der Waals surface area contributed by atoms with Gasteiger partial charge in [0.25, 0.3) is 0 Å². The fourth-order valence-electron chi connectivity index (χ4n) is 3.26. The molecule has 1 fully saturated rings. The van der Waals surface area contributed by atoms with E-state index in [-0.39, 0.29) is 52.9 Å². The van der Waals surface area contributed by atoms with E-state index in [0.717, 1.165) is 0 Å².